The van der Waals surface area contributed by atoms with Crippen molar-refractivity contribution in [2.45, 2.75) is 17.0 Å². The van der Waals surface area contributed by atoms with Crippen LogP contribution in [0.4, 0.5) is 0 Å². The number of benzene rings is 1. The zero-order chi connectivity index (χ0) is 20.1. The van der Waals surface area contributed by atoms with Crippen LogP contribution in [0.15, 0.2) is 52.0 Å². The van der Waals surface area contributed by atoms with Crippen LogP contribution in [-0.2, 0) is 9.47 Å². The molecule has 0 N–H and O–H groups in total. The van der Waals surface area contributed by atoms with Crippen molar-refractivity contribution in [1.29, 1.82) is 0 Å². The van der Waals surface area contributed by atoms with Gasteiger partial charge in [-0.15, -0.1) is 11.8 Å². The molecule has 1 aromatic heterocycles. The lowest BCUT2D eigenvalue weighted by Gasteiger charge is -2.44. The maximum absolute atomic E-state index is 13.6. The average Bonchev–Trinajstić information content (AvgIpc) is 3.33. The molecule has 2 atom stereocenters. The fourth-order valence-corrected chi connectivity index (χ4v) is 4.59. The van der Waals surface area contributed by atoms with Crippen molar-refractivity contribution in [2.75, 3.05) is 58.9 Å². The van der Waals surface area contributed by atoms with Crippen molar-refractivity contribution >= 4 is 17.5 Å². The second-order valence-corrected chi connectivity index (χ2v) is 8.18. The molecule has 0 saturated carbocycles. The molecule has 29 heavy (non-hydrogen) atoms. The molecule has 0 amide bonds. The summed E-state index contributed by atoms with van der Waals surface area (Å²) in [4.78, 5) is 19.5. The first-order valence-electron chi connectivity index (χ1n) is 10.1. The van der Waals surface area contributed by atoms with Gasteiger partial charge in [-0.2, -0.15) is 0 Å². The first kappa shape index (κ1) is 20.6. The summed E-state index contributed by atoms with van der Waals surface area (Å²) in [6, 6.07) is 11.8. The standard InChI is InChI=1S/C22H28N2O4S/c1-29-18-6-4-17(5-7-18)20(23-8-13-26-14-9-23)21(24-10-15-27-16-11-24)22(25)19-3-2-12-28-19/h2-7,12,20-21H,8-11,13-16H2,1H3/t20-,21-/m1/s1. The molecule has 3 heterocycles. The zero-order valence-corrected chi connectivity index (χ0v) is 17.6. The lowest BCUT2D eigenvalue weighted by molar-refractivity contribution is -0.0307. The minimum absolute atomic E-state index is 0.0299. The van der Waals surface area contributed by atoms with Crippen LogP contribution < -0.4 is 0 Å². The molecule has 0 unspecified atom stereocenters. The van der Waals surface area contributed by atoms with Gasteiger partial charge in [-0.1, -0.05) is 12.1 Å². The van der Waals surface area contributed by atoms with Crippen LogP contribution in [0.5, 0.6) is 0 Å². The second kappa shape index (κ2) is 9.91. The fraction of sp³-hybridized carbons (Fsp3) is 0.500. The van der Waals surface area contributed by atoms with Gasteiger partial charge in [0, 0.05) is 31.1 Å². The Labute approximate surface area is 176 Å². The van der Waals surface area contributed by atoms with Gasteiger partial charge in [0.15, 0.2) is 5.76 Å². The number of hydrogen-bond acceptors (Lipinski definition) is 7. The van der Waals surface area contributed by atoms with E-state index in [9.17, 15) is 4.79 Å². The molecule has 0 radical (unpaired) electrons. The number of Topliss-reactive ketones (excluding diaryl/α,β-unsaturated/α-hetero) is 1. The Morgan fingerprint density at radius 1 is 0.931 bits per heavy atom. The van der Waals surface area contributed by atoms with Gasteiger partial charge >= 0.3 is 0 Å². The van der Waals surface area contributed by atoms with E-state index >= 15 is 0 Å². The highest BCUT2D eigenvalue weighted by Gasteiger charge is 2.40. The van der Waals surface area contributed by atoms with E-state index in [1.165, 1.54) is 4.90 Å². The van der Waals surface area contributed by atoms with Crippen molar-refractivity contribution < 1.29 is 18.7 Å². The summed E-state index contributed by atoms with van der Waals surface area (Å²) in [7, 11) is 0. The number of carbonyl (C=O) groups is 1. The van der Waals surface area contributed by atoms with Gasteiger partial charge in [-0.25, -0.2) is 0 Å². The Hall–Kier alpha value is -1.64. The van der Waals surface area contributed by atoms with Gasteiger partial charge in [0.2, 0.25) is 5.78 Å². The molecule has 2 aliphatic heterocycles. The summed E-state index contributed by atoms with van der Waals surface area (Å²) < 4.78 is 16.7. The molecule has 0 spiro atoms. The molecular weight excluding hydrogens is 388 g/mol. The topological polar surface area (TPSA) is 55.2 Å². The van der Waals surface area contributed by atoms with Crippen LogP contribution in [-0.4, -0.2) is 80.5 Å². The minimum atomic E-state index is -0.330. The van der Waals surface area contributed by atoms with Crippen LogP contribution in [0.3, 0.4) is 0 Å². The van der Waals surface area contributed by atoms with E-state index < -0.39 is 0 Å². The molecule has 1 aromatic carbocycles. The summed E-state index contributed by atoms with van der Waals surface area (Å²) in [6.45, 7) is 5.74. The molecule has 2 aliphatic rings. The lowest BCUT2D eigenvalue weighted by atomic mass is 9.91. The SMILES string of the molecule is CSc1ccc([C@H]([C@H](C(=O)c2ccco2)N2CCOCC2)N2CCOCC2)cc1. The van der Waals surface area contributed by atoms with E-state index in [0.717, 1.165) is 31.7 Å². The maximum Gasteiger partial charge on any atom is 0.216 e. The highest BCUT2D eigenvalue weighted by Crippen LogP contribution is 2.32. The number of rotatable bonds is 7. The third-order valence-corrected chi connectivity index (χ3v) is 6.41. The number of furan rings is 1. The number of ether oxygens (including phenoxy) is 2. The van der Waals surface area contributed by atoms with Crippen LogP contribution in [0.2, 0.25) is 0 Å². The molecular formula is C22H28N2O4S. The Morgan fingerprint density at radius 2 is 1.55 bits per heavy atom. The molecule has 2 saturated heterocycles. The van der Waals surface area contributed by atoms with E-state index in [4.69, 9.17) is 13.9 Å². The first-order chi connectivity index (χ1) is 14.3. The highest BCUT2D eigenvalue weighted by molar-refractivity contribution is 7.98. The molecule has 4 rings (SSSR count). The number of carbonyl (C=O) groups excluding carboxylic acids is 1. The largest absolute Gasteiger partial charge is 0.461 e. The lowest BCUT2D eigenvalue weighted by Crippen LogP contribution is -2.55. The van der Waals surface area contributed by atoms with E-state index in [0.29, 0.717) is 32.2 Å². The average molecular weight is 417 g/mol. The van der Waals surface area contributed by atoms with Crippen molar-refractivity contribution in [2.24, 2.45) is 0 Å². The Morgan fingerprint density at radius 3 is 2.10 bits per heavy atom. The summed E-state index contributed by atoms with van der Waals surface area (Å²) in [5.74, 6) is 0.447. The summed E-state index contributed by atoms with van der Waals surface area (Å²) >= 11 is 1.72. The quantitative estimate of drug-likeness (QED) is 0.508. The monoisotopic (exact) mass is 416 g/mol. The smallest absolute Gasteiger partial charge is 0.216 e. The number of nitrogens with zero attached hydrogens (tertiary/aromatic N) is 2. The summed E-state index contributed by atoms with van der Waals surface area (Å²) in [5, 5.41) is 0. The first-order valence-corrected chi connectivity index (χ1v) is 11.4. The van der Waals surface area contributed by atoms with Gasteiger partial charge in [-0.05, 0) is 36.1 Å². The van der Waals surface area contributed by atoms with E-state index in [2.05, 4.69) is 40.3 Å². The zero-order valence-electron chi connectivity index (χ0n) is 16.8. The number of thioether (sulfide) groups is 1. The summed E-state index contributed by atoms with van der Waals surface area (Å²) in [5.41, 5.74) is 1.15. The Balaban J connectivity index is 1.74. The van der Waals surface area contributed by atoms with Gasteiger partial charge in [0.1, 0.15) is 0 Å². The minimum Gasteiger partial charge on any atom is -0.461 e. The van der Waals surface area contributed by atoms with Gasteiger partial charge < -0.3 is 13.9 Å². The third kappa shape index (κ3) is 4.75. The highest BCUT2D eigenvalue weighted by atomic mass is 32.2. The number of morpholine rings is 2. The Kier molecular flexibility index (Phi) is 7.05. The predicted molar refractivity (Wildman–Crippen MR) is 113 cm³/mol. The summed E-state index contributed by atoms with van der Waals surface area (Å²) in [6.07, 6.45) is 3.64. The van der Waals surface area contributed by atoms with Crippen LogP contribution >= 0.6 is 11.8 Å². The fourth-order valence-electron chi connectivity index (χ4n) is 4.18. The van der Waals surface area contributed by atoms with E-state index in [1.807, 2.05) is 0 Å². The maximum atomic E-state index is 13.6. The molecule has 2 aromatic rings. The third-order valence-electron chi connectivity index (χ3n) is 5.67. The normalized spacial score (nSPS) is 21.0. The van der Waals surface area contributed by atoms with Crippen molar-refractivity contribution in [3.8, 4) is 0 Å². The van der Waals surface area contributed by atoms with Crippen molar-refractivity contribution in [3.05, 3.63) is 54.0 Å². The number of ketones is 1. The van der Waals surface area contributed by atoms with Crippen molar-refractivity contribution in [3.63, 3.8) is 0 Å². The molecule has 156 valence electrons. The van der Waals surface area contributed by atoms with Crippen LogP contribution in [0.1, 0.15) is 22.2 Å². The predicted octanol–water partition coefficient (Wildman–Crippen LogP) is 2.96. The van der Waals surface area contributed by atoms with E-state index in [-0.39, 0.29) is 17.9 Å². The van der Waals surface area contributed by atoms with Gasteiger partial charge in [-0.3, -0.25) is 14.6 Å². The molecule has 6 nitrogen and oxygen atoms in total. The molecule has 2 fully saturated rings. The van der Waals surface area contributed by atoms with Crippen LogP contribution in [0, 0.1) is 0 Å². The molecule has 7 heteroatoms. The molecule has 0 aliphatic carbocycles. The second-order valence-electron chi connectivity index (χ2n) is 7.30. The van der Waals surface area contributed by atoms with Crippen LogP contribution in [0.25, 0.3) is 0 Å². The molecule has 0 bridgehead atoms. The van der Waals surface area contributed by atoms with Crippen molar-refractivity contribution in [1.82, 2.24) is 9.80 Å². The Bertz CT molecular complexity index is 769. The van der Waals surface area contributed by atoms with Gasteiger partial charge in [0.25, 0.3) is 0 Å². The number of hydrogen-bond donors (Lipinski definition) is 0. The van der Waals surface area contributed by atoms with Gasteiger partial charge in [0.05, 0.1) is 44.8 Å². The van der Waals surface area contributed by atoms with E-state index in [1.54, 1.807) is 30.2 Å².